The smallest absolute Gasteiger partial charge is 0.000720 e. The zero-order chi connectivity index (χ0) is 47.6. The van der Waals surface area contributed by atoms with Gasteiger partial charge in [-0.15, -0.1) is 0 Å². The fourth-order valence-corrected chi connectivity index (χ4v) is 13.1. The maximum absolute atomic E-state index is 2.53. The largest absolute Gasteiger partial charge is 0.0622 e. The first-order valence-electron chi connectivity index (χ1n) is 25.3. The van der Waals surface area contributed by atoms with Gasteiger partial charge in [0.05, 0.1) is 0 Å². The summed E-state index contributed by atoms with van der Waals surface area (Å²) in [7, 11) is 0. The second-order valence-corrected chi connectivity index (χ2v) is 19.9. The molecule has 0 saturated heterocycles. The molecule has 0 bridgehead atoms. The van der Waals surface area contributed by atoms with Crippen molar-refractivity contribution >= 4 is 43.1 Å². The third kappa shape index (κ3) is 5.81. The number of hydrogen-bond donors (Lipinski definition) is 0. The Hall–Kier alpha value is -9.10. The highest BCUT2D eigenvalue weighted by Crippen LogP contribution is 2.61. The highest BCUT2D eigenvalue weighted by Gasteiger charge is 2.34. The fraction of sp³-hybridized carbons (Fsp3) is 0.0278. The van der Waals surface area contributed by atoms with E-state index in [0.717, 1.165) is 0 Å². The molecule has 334 valence electrons. The van der Waals surface area contributed by atoms with Gasteiger partial charge < -0.3 is 0 Å². The lowest BCUT2D eigenvalue weighted by atomic mass is 9.81. The van der Waals surface area contributed by atoms with Crippen LogP contribution in [-0.2, 0) is 0 Å². The van der Waals surface area contributed by atoms with E-state index in [-0.39, 0.29) is 0 Å². The quantitative estimate of drug-likeness (QED) is 0.156. The van der Waals surface area contributed by atoms with Crippen molar-refractivity contribution in [2.24, 2.45) is 0 Å². The molecule has 0 atom stereocenters. The van der Waals surface area contributed by atoms with Gasteiger partial charge in [0.15, 0.2) is 0 Å². The lowest BCUT2D eigenvalue weighted by Crippen LogP contribution is -1.95. The Morgan fingerprint density at radius 2 is 0.611 bits per heavy atom. The van der Waals surface area contributed by atoms with Crippen molar-refractivity contribution in [1.29, 1.82) is 0 Å². The summed E-state index contributed by atoms with van der Waals surface area (Å²) >= 11 is 0. The minimum Gasteiger partial charge on any atom is -0.0622 e. The molecule has 15 rings (SSSR count). The summed E-state index contributed by atoms with van der Waals surface area (Å²) < 4.78 is 0. The third-order valence-corrected chi connectivity index (χ3v) is 15.9. The molecule has 0 aromatic heterocycles. The van der Waals surface area contributed by atoms with Crippen molar-refractivity contribution in [3.8, 4) is 111 Å². The molecule has 0 radical (unpaired) electrons. The molecule has 0 unspecified atom stereocenters. The van der Waals surface area contributed by atoms with Gasteiger partial charge in [0.25, 0.3) is 0 Å². The summed E-state index contributed by atoms with van der Waals surface area (Å²) in [5.41, 5.74) is 28.1. The first-order valence-corrected chi connectivity index (χ1v) is 25.3. The average Bonchev–Trinajstić information content (AvgIpc) is 3.94. The highest BCUT2D eigenvalue weighted by molar-refractivity contribution is 6.31. The van der Waals surface area contributed by atoms with E-state index in [1.165, 1.54) is 165 Å². The predicted octanol–water partition coefficient (Wildman–Crippen LogP) is 20.2. The molecule has 0 nitrogen and oxygen atoms in total. The van der Waals surface area contributed by atoms with Crippen molar-refractivity contribution in [2.75, 3.05) is 0 Å². The van der Waals surface area contributed by atoms with E-state index < -0.39 is 0 Å². The number of aryl methyl sites for hydroxylation is 2. The highest BCUT2D eigenvalue weighted by atomic mass is 14.4. The van der Waals surface area contributed by atoms with Crippen molar-refractivity contribution in [2.45, 2.75) is 13.8 Å². The summed E-state index contributed by atoms with van der Waals surface area (Å²) in [6.45, 7) is 4.48. The van der Waals surface area contributed by atoms with Crippen LogP contribution in [0.25, 0.3) is 154 Å². The Bertz CT molecular complexity index is 4300. The van der Waals surface area contributed by atoms with Gasteiger partial charge in [0.1, 0.15) is 0 Å². The summed E-state index contributed by atoms with van der Waals surface area (Å²) in [6.07, 6.45) is 0. The second kappa shape index (κ2) is 15.7. The lowest BCUT2D eigenvalue weighted by Gasteiger charge is -2.22. The second-order valence-electron chi connectivity index (χ2n) is 19.9. The van der Waals surface area contributed by atoms with Crippen LogP contribution >= 0.6 is 0 Å². The number of fused-ring (bicyclic) bond motifs is 8. The summed E-state index contributed by atoms with van der Waals surface area (Å²) in [4.78, 5) is 0. The van der Waals surface area contributed by atoms with Gasteiger partial charge in [0.2, 0.25) is 0 Å². The van der Waals surface area contributed by atoms with Gasteiger partial charge >= 0.3 is 0 Å². The number of benzene rings is 13. The zero-order valence-electron chi connectivity index (χ0n) is 40.1. The fourth-order valence-electron chi connectivity index (χ4n) is 13.1. The molecule has 0 N–H and O–H groups in total. The Morgan fingerprint density at radius 1 is 0.194 bits per heavy atom. The van der Waals surface area contributed by atoms with Crippen LogP contribution in [0.5, 0.6) is 0 Å². The number of hydrogen-bond acceptors (Lipinski definition) is 0. The van der Waals surface area contributed by atoms with Crippen LogP contribution in [0.1, 0.15) is 11.1 Å². The lowest BCUT2D eigenvalue weighted by molar-refractivity contribution is 1.38. The zero-order valence-corrected chi connectivity index (χ0v) is 40.1. The van der Waals surface area contributed by atoms with Crippen LogP contribution in [0.3, 0.4) is 0 Å². The van der Waals surface area contributed by atoms with Crippen molar-refractivity contribution in [1.82, 2.24) is 0 Å². The molecule has 0 fully saturated rings. The normalized spacial score (nSPS) is 12.0. The Labute approximate surface area is 419 Å². The Balaban J connectivity index is 1.03. The predicted molar refractivity (Wildman–Crippen MR) is 307 cm³/mol. The summed E-state index contributed by atoms with van der Waals surface area (Å²) in [5.74, 6) is 0. The van der Waals surface area contributed by atoms with Crippen molar-refractivity contribution in [3.63, 3.8) is 0 Å². The molecule has 0 heteroatoms. The van der Waals surface area contributed by atoms with E-state index in [9.17, 15) is 0 Å². The summed E-state index contributed by atoms with van der Waals surface area (Å²) in [6, 6.07) is 91.1. The van der Waals surface area contributed by atoms with E-state index >= 15 is 0 Å². The standard InChI is InChI=1S/C72H46/c1-43-20-17-21-44(2)62(43)50-36-37-56-60(41-50)67(48-28-13-6-14-29-48)69-57-34-18-30-49-40-51(42-61(63(49)57)72(69)66(56)47-26-11-5-12-27-47)52-38-39-59-68-53(52)33-19-35-58(68)70-64(45-22-7-3-8-23-45)54-31-15-16-32-55(54)65(71(59)70)46-24-9-4-10-25-46/h3-42H,1-2H3. The number of rotatable bonds is 6. The molecule has 0 amide bonds. The molecule has 0 aliphatic heterocycles. The molecule has 0 spiro atoms. The maximum Gasteiger partial charge on any atom is -0.000720 e. The molecule has 0 saturated carbocycles. The first kappa shape index (κ1) is 40.8. The minimum atomic E-state index is 1.23. The van der Waals surface area contributed by atoms with Crippen molar-refractivity contribution < 1.29 is 0 Å². The molecule has 0 heterocycles. The molecular weight excluding hydrogens is 865 g/mol. The molecule has 13 aromatic rings. The van der Waals surface area contributed by atoms with Gasteiger partial charge in [0, 0.05) is 0 Å². The van der Waals surface area contributed by atoms with E-state index in [1.54, 1.807) is 0 Å². The average molecular weight is 911 g/mol. The van der Waals surface area contributed by atoms with Crippen LogP contribution in [0, 0.1) is 13.8 Å². The Morgan fingerprint density at radius 3 is 1.17 bits per heavy atom. The SMILES string of the molecule is Cc1cccc(C)c1-c1ccc2c(-c3ccccc3)c3c(c(-c4ccccc4)c2c1)-c1cccc2cc(-c4ccc5c6c(cccc46)-c4c-5c(-c5ccccc5)c5ccccc5c4-c4ccccc4)cc-3c12. The molecule has 13 aromatic carbocycles. The van der Waals surface area contributed by atoms with Gasteiger partial charge in [-0.05, 0) is 198 Å². The van der Waals surface area contributed by atoms with E-state index in [2.05, 4.69) is 257 Å². The van der Waals surface area contributed by atoms with Crippen LogP contribution in [0.2, 0.25) is 0 Å². The van der Waals surface area contributed by atoms with E-state index in [4.69, 9.17) is 0 Å². The van der Waals surface area contributed by atoms with Crippen LogP contribution in [-0.4, -0.2) is 0 Å². The first-order chi connectivity index (χ1) is 35.6. The third-order valence-electron chi connectivity index (χ3n) is 15.9. The topological polar surface area (TPSA) is 0 Å². The van der Waals surface area contributed by atoms with Crippen LogP contribution in [0.15, 0.2) is 243 Å². The van der Waals surface area contributed by atoms with Crippen molar-refractivity contribution in [3.05, 3.63) is 254 Å². The van der Waals surface area contributed by atoms with E-state index in [1.807, 2.05) is 0 Å². The minimum absolute atomic E-state index is 1.23. The molecular formula is C72H46. The summed E-state index contributed by atoms with van der Waals surface area (Å²) in [5, 5.41) is 10.3. The molecule has 72 heavy (non-hydrogen) atoms. The van der Waals surface area contributed by atoms with Crippen LogP contribution in [0.4, 0.5) is 0 Å². The van der Waals surface area contributed by atoms with Crippen LogP contribution < -0.4 is 0 Å². The maximum atomic E-state index is 2.53. The van der Waals surface area contributed by atoms with Gasteiger partial charge in [-0.25, -0.2) is 0 Å². The molecule has 2 aliphatic carbocycles. The Kier molecular flexibility index (Phi) is 8.89. The van der Waals surface area contributed by atoms with Gasteiger partial charge in [-0.2, -0.15) is 0 Å². The van der Waals surface area contributed by atoms with E-state index in [0.29, 0.717) is 0 Å². The molecule has 2 aliphatic rings. The van der Waals surface area contributed by atoms with Gasteiger partial charge in [-0.3, -0.25) is 0 Å². The van der Waals surface area contributed by atoms with Gasteiger partial charge in [-0.1, -0.05) is 224 Å². The monoisotopic (exact) mass is 910 g/mol.